The number of benzene rings is 1. The summed E-state index contributed by atoms with van der Waals surface area (Å²) in [4.78, 5) is 11.2. The molecule has 0 saturated heterocycles. The molecule has 0 aromatic heterocycles. The molecule has 0 aliphatic rings. The lowest BCUT2D eigenvalue weighted by molar-refractivity contribution is -0.121. The minimum absolute atomic E-state index is 0.0927. The van der Waals surface area contributed by atoms with Gasteiger partial charge in [-0.3, -0.25) is 4.79 Å². The van der Waals surface area contributed by atoms with E-state index in [1.165, 1.54) is 0 Å². The molecule has 0 saturated carbocycles. The number of anilines is 1. The molecular formula is C13H21N3O. The van der Waals surface area contributed by atoms with Gasteiger partial charge in [0.1, 0.15) is 0 Å². The van der Waals surface area contributed by atoms with Crippen LogP contribution in [0, 0.1) is 0 Å². The summed E-state index contributed by atoms with van der Waals surface area (Å²) in [5.41, 5.74) is 6.44. The van der Waals surface area contributed by atoms with Crippen molar-refractivity contribution < 1.29 is 4.79 Å². The summed E-state index contributed by atoms with van der Waals surface area (Å²) < 4.78 is 0. The maximum atomic E-state index is 11.2. The van der Waals surface area contributed by atoms with Gasteiger partial charge in [0.05, 0.1) is 0 Å². The summed E-state index contributed by atoms with van der Waals surface area (Å²) in [5, 5.41) is 6.16. The van der Waals surface area contributed by atoms with Crippen LogP contribution in [-0.2, 0) is 4.79 Å². The molecule has 1 amide bonds. The van der Waals surface area contributed by atoms with Crippen molar-refractivity contribution in [2.24, 2.45) is 5.73 Å². The van der Waals surface area contributed by atoms with E-state index in [2.05, 4.69) is 10.6 Å². The highest BCUT2D eigenvalue weighted by atomic mass is 16.1. The second-order valence-electron chi connectivity index (χ2n) is 3.89. The molecule has 0 aliphatic heterocycles. The van der Waals surface area contributed by atoms with Crippen molar-refractivity contribution in [1.82, 2.24) is 5.32 Å². The van der Waals surface area contributed by atoms with E-state index in [0.717, 1.165) is 25.1 Å². The molecule has 1 aromatic rings. The van der Waals surface area contributed by atoms with E-state index in [9.17, 15) is 4.79 Å². The first-order chi connectivity index (χ1) is 8.33. The van der Waals surface area contributed by atoms with Crippen LogP contribution in [0.1, 0.15) is 19.3 Å². The van der Waals surface area contributed by atoms with Crippen molar-refractivity contribution in [1.29, 1.82) is 0 Å². The van der Waals surface area contributed by atoms with Crippen molar-refractivity contribution >= 4 is 11.6 Å². The van der Waals surface area contributed by atoms with Crippen molar-refractivity contribution in [3.63, 3.8) is 0 Å². The predicted octanol–water partition coefficient (Wildman–Crippen LogP) is 1.34. The van der Waals surface area contributed by atoms with Gasteiger partial charge in [0.2, 0.25) is 5.91 Å². The lowest BCUT2D eigenvalue weighted by Gasteiger charge is -2.07. The van der Waals surface area contributed by atoms with Gasteiger partial charge in [0.25, 0.3) is 0 Å². The first-order valence-corrected chi connectivity index (χ1v) is 6.08. The number of nitrogens with one attached hydrogen (secondary N) is 2. The Morgan fingerprint density at radius 3 is 2.59 bits per heavy atom. The SMILES string of the molecule is NCCCC(=O)NCCCNc1ccccc1. The summed E-state index contributed by atoms with van der Waals surface area (Å²) in [6, 6.07) is 10.0. The Morgan fingerprint density at radius 2 is 1.88 bits per heavy atom. The van der Waals surface area contributed by atoms with E-state index < -0.39 is 0 Å². The lowest BCUT2D eigenvalue weighted by Crippen LogP contribution is -2.26. The van der Waals surface area contributed by atoms with Gasteiger partial charge in [-0.05, 0) is 31.5 Å². The number of hydrogen-bond donors (Lipinski definition) is 3. The standard InChI is InChI=1S/C13H21N3O/c14-9-4-8-13(17)16-11-5-10-15-12-6-2-1-3-7-12/h1-3,6-7,15H,4-5,8-11,14H2,(H,16,17). The van der Waals surface area contributed by atoms with Crippen LogP contribution in [0.3, 0.4) is 0 Å². The molecule has 1 aromatic carbocycles. The van der Waals surface area contributed by atoms with Gasteiger partial charge < -0.3 is 16.4 Å². The van der Waals surface area contributed by atoms with Crippen LogP contribution in [0.5, 0.6) is 0 Å². The van der Waals surface area contributed by atoms with E-state index >= 15 is 0 Å². The molecule has 4 heteroatoms. The third-order valence-electron chi connectivity index (χ3n) is 2.39. The van der Waals surface area contributed by atoms with Gasteiger partial charge >= 0.3 is 0 Å². The van der Waals surface area contributed by atoms with E-state index in [-0.39, 0.29) is 5.91 Å². The average molecular weight is 235 g/mol. The second kappa shape index (κ2) is 8.58. The molecule has 0 radical (unpaired) electrons. The van der Waals surface area contributed by atoms with Crippen molar-refractivity contribution in [2.75, 3.05) is 25.0 Å². The number of carbonyl (C=O) groups excluding carboxylic acids is 1. The molecule has 0 bridgehead atoms. The molecule has 0 aliphatic carbocycles. The van der Waals surface area contributed by atoms with E-state index in [4.69, 9.17) is 5.73 Å². The fourth-order valence-electron chi connectivity index (χ4n) is 1.46. The zero-order valence-electron chi connectivity index (χ0n) is 10.1. The number of nitrogens with two attached hydrogens (primary N) is 1. The second-order valence-corrected chi connectivity index (χ2v) is 3.89. The van der Waals surface area contributed by atoms with Crippen molar-refractivity contribution in [3.8, 4) is 0 Å². The zero-order chi connectivity index (χ0) is 12.3. The largest absolute Gasteiger partial charge is 0.385 e. The summed E-state index contributed by atoms with van der Waals surface area (Å²) in [7, 11) is 0. The Kier molecular flexibility index (Phi) is 6.82. The maximum absolute atomic E-state index is 11.2. The Labute approximate surface area is 103 Å². The molecule has 17 heavy (non-hydrogen) atoms. The topological polar surface area (TPSA) is 67.2 Å². The average Bonchev–Trinajstić information content (AvgIpc) is 2.37. The van der Waals surface area contributed by atoms with E-state index in [1.54, 1.807) is 0 Å². The van der Waals surface area contributed by atoms with Crippen LogP contribution in [0.15, 0.2) is 30.3 Å². The first kappa shape index (κ1) is 13.5. The van der Waals surface area contributed by atoms with Gasteiger partial charge in [0, 0.05) is 25.2 Å². The number of hydrogen-bond acceptors (Lipinski definition) is 3. The Bertz CT molecular complexity index is 314. The predicted molar refractivity (Wildman–Crippen MR) is 70.8 cm³/mol. The van der Waals surface area contributed by atoms with Crippen LogP contribution in [0.4, 0.5) is 5.69 Å². The molecule has 0 heterocycles. The minimum atomic E-state index is 0.0927. The lowest BCUT2D eigenvalue weighted by atomic mass is 10.3. The van der Waals surface area contributed by atoms with Gasteiger partial charge in [-0.1, -0.05) is 18.2 Å². The van der Waals surface area contributed by atoms with Gasteiger partial charge in [-0.15, -0.1) is 0 Å². The molecule has 94 valence electrons. The first-order valence-electron chi connectivity index (χ1n) is 6.08. The summed E-state index contributed by atoms with van der Waals surface area (Å²) >= 11 is 0. The quantitative estimate of drug-likeness (QED) is 0.596. The fraction of sp³-hybridized carbons (Fsp3) is 0.462. The summed E-state index contributed by atoms with van der Waals surface area (Å²) in [6.45, 7) is 2.15. The van der Waals surface area contributed by atoms with Crippen molar-refractivity contribution in [3.05, 3.63) is 30.3 Å². The number of amides is 1. The number of carbonyl (C=O) groups is 1. The molecule has 0 spiro atoms. The van der Waals surface area contributed by atoms with E-state index in [1.807, 2.05) is 30.3 Å². The third-order valence-corrected chi connectivity index (χ3v) is 2.39. The molecule has 0 unspecified atom stereocenters. The highest BCUT2D eigenvalue weighted by molar-refractivity contribution is 5.75. The molecule has 1 rings (SSSR count). The Hall–Kier alpha value is -1.55. The highest BCUT2D eigenvalue weighted by Gasteiger charge is 1.98. The number of para-hydroxylation sites is 1. The zero-order valence-corrected chi connectivity index (χ0v) is 10.1. The summed E-state index contributed by atoms with van der Waals surface area (Å²) in [6.07, 6.45) is 2.21. The maximum Gasteiger partial charge on any atom is 0.220 e. The van der Waals surface area contributed by atoms with E-state index in [0.29, 0.717) is 19.5 Å². The van der Waals surface area contributed by atoms with Crippen LogP contribution in [0.25, 0.3) is 0 Å². The molecule has 0 atom stereocenters. The molecule has 4 N–H and O–H groups in total. The minimum Gasteiger partial charge on any atom is -0.385 e. The van der Waals surface area contributed by atoms with Crippen LogP contribution >= 0.6 is 0 Å². The van der Waals surface area contributed by atoms with Crippen LogP contribution in [0.2, 0.25) is 0 Å². The number of rotatable bonds is 8. The van der Waals surface area contributed by atoms with Crippen LogP contribution < -0.4 is 16.4 Å². The van der Waals surface area contributed by atoms with Gasteiger partial charge in [-0.2, -0.15) is 0 Å². The molecule has 4 nitrogen and oxygen atoms in total. The third kappa shape index (κ3) is 6.58. The monoisotopic (exact) mass is 235 g/mol. The highest BCUT2D eigenvalue weighted by Crippen LogP contribution is 2.04. The summed E-state index contributed by atoms with van der Waals surface area (Å²) in [5.74, 6) is 0.0927. The van der Waals surface area contributed by atoms with Gasteiger partial charge in [-0.25, -0.2) is 0 Å². The Morgan fingerprint density at radius 1 is 1.12 bits per heavy atom. The fourth-order valence-corrected chi connectivity index (χ4v) is 1.46. The smallest absolute Gasteiger partial charge is 0.220 e. The molecule has 0 fully saturated rings. The molecular weight excluding hydrogens is 214 g/mol. The Balaban J connectivity index is 1.99. The van der Waals surface area contributed by atoms with Gasteiger partial charge in [0.15, 0.2) is 0 Å². The van der Waals surface area contributed by atoms with Crippen molar-refractivity contribution in [2.45, 2.75) is 19.3 Å². The normalized spacial score (nSPS) is 9.94. The van der Waals surface area contributed by atoms with Crippen LogP contribution in [-0.4, -0.2) is 25.5 Å².